The fraction of sp³-hybridized carbons (Fsp3) is 0.208. The molecule has 0 saturated heterocycles. The first-order chi connectivity index (χ1) is 14.9. The number of nitrogens with zero attached hydrogens (tertiary/aromatic N) is 1. The van der Waals surface area contributed by atoms with E-state index >= 15 is 0 Å². The van der Waals surface area contributed by atoms with Gasteiger partial charge in [0, 0.05) is 33.5 Å². The molecule has 2 heterocycles. The van der Waals surface area contributed by atoms with E-state index in [0.717, 1.165) is 51.4 Å². The van der Waals surface area contributed by atoms with E-state index in [1.54, 1.807) is 17.4 Å². The van der Waals surface area contributed by atoms with Crippen LogP contribution in [0.1, 0.15) is 29.2 Å². The van der Waals surface area contributed by atoms with Gasteiger partial charge < -0.3 is 15.2 Å². The van der Waals surface area contributed by atoms with Crippen LogP contribution >= 0.6 is 11.3 Å². The monoisotopic (exact) mass is 440 g/mol. The minimum absolute atomic E-state index is 0.0797. The molecular formula is C24H22F2N2O2S. The maximum Gasteiger partial charge on any atom is 0.132 e. The van der Waals surface area contributed by atoms with E-state index in [1.807, 2.05) is 30.6 Å². The van der Waals surface area contributed by atoms with Gasteiger partial charge in [-0.15, -0.1) is 11.3 Å². The summed E-state index contributed by atoms with van der Waals surface area (Å²) in [6, 6.07) is 8.75. The third kappa shape index (κ3) is 4.61. The van der Waals surface area contributed by atoms with E-state index in [0.29, 0.717) is 23.9 Å². The van der Waals surface area contributed by atoms with Crippen LogP contribution in [0.25, 0.3) is 10.1 Å². The lowest BCUT2D eigenvalue weighted by Crippen LogP contribution is -2.01. The number of pyridine rings is 1. The molecule has 0 amide bonds. The maximum absolute atomic E-state index is 13.8. The maximum atomic E-state index is 13.8. The Hall–Kier alpha value is -3.19. The van der Waals surface area contributed by atoms with Crippen molar-refractivity contribution in [2.75, 3.05) is 5.73 Å². The zero-order valence-electron chi connectivity index (χ0n) is 17.2. The van der Waals surface area contributed by atoms with Gasteiger partial charge in [-0.3, -0.25) is 0 Å². The molecule has 4 nitrogen and oxygen atoms in total. The molecule has 0 unspecified atom stereocenters. The number of nitrogens with two attached hydrogens (primary N) is 1. The molecule has 2 N–H and O–H groups in total. The number of hydrogen-bond donors (Lipinski definition) is 1. The van der Waals surface area contributed by atoms with E-state index in [1.165, 1.54) is 0 Å². The molecule has 0 bridgehead atoms. The van der Waals surface area contributed by atoms with Crippen LogP contribution in [-0.4, -0.2) is 4.98 Å². The Balaban J connectivity index is 1.50. The molecule has 2 aromatic carbocycles. The van der Waals surface area contributed by atoms with Crippen molar-refractivity contribution in [3.63, 3.8) is 0 Å². The summed E-state index contributed by atoms with van der Waals surface area (Å²) in [7, 11) is 0. The summed E-state index contributed by atoms with van der Waals surface area (Å²) in [5.41, 5.74) is 9.35. The largest absolute Gasteiger partial charge is 0.489 e. The van der Waals surface area contributed by atoms with Crippen molar-refractivity contribution in [3.05, 3.63) is 81.9 Å². The van der Waals surface area contributed by atoms with Gasteiger partial charge >= 0.3 is 0 Å². The summed E-state index contributed by atoms with van der Waals surface area (Å²) < 4.78 is 40.0. The van der Waals surface area contributed by atoms with Crippen molar-refractivity contribution >= 4 is 27.2 Å². The molecule has 7 heteroatoms. The van der Waals surface area contributed by atoms with Gasteiger partial charge in [-0.25, -0.2) is 13.8 Å². The number of halogens is 2. The van der Waals surface area contributed by atoms with E-state index in [4.69, 9.17) is 15.2 Å². The Labute approximate surface area is 183 Å². The number of benzene rings is 2. The summed E-state index contributed by atoms with van der Waals surface area (Å²) >= 11 is 1.64. The third-order valence-corrected chi connectivity index (χ3v) is 6.08. The number of thiophene rings is 1. The second-order valence-electron chi connectivity index (χ2n) is 7.28. The SMILES string of the molecule is CCc1cnc(N)c2c(COc3cc(C)cc(OCc4cc(F)ccc4F)c3)csc12. The number of fused-ring (bicyclic) bond motifs is 1. The first kappa shape index (κ1) is 21.1. The minimum atomic E-state index is -0.507. The van der Waals surface area contributed by atoms with Crippen LogP contribution in [0.4, 0.5) is 14.6 Å². The number of ether oxygens (including phenoxy) is 2. The van der Waals surface area contributed by atoms with Crippen LogP contribution in [0.3, 0.4) is 0 Å². The van der Waals surface area contributed by atoms with Gasteiger partial charge in [0.1, 0.15) is 42.2 Å². The molecule has 4 aromatic rings. The highest BCUT2D eigenvalue weighted by Gasteiger charge is 2.13. The Morgan fingerprint density at radius 3 is 2.39 bits per heavy atom. The molecule has 0 aliphatic rings. The standard InChI is InChI=1S/C24H22F2N2O2S/c1-3-15-10-28-24(27)22-17(13-31-23(15)22)12-30-20-7-14(2)6-19(9-20)29-11-16-8-18(25)4-5-21(16)26/h4-10,13H,3,11-12H2,1-2H3,(H2,27,28). The Morgan fingerprint density at radius 1 is 0.968 bits per heavy atom. The fourth-order valence-electron chi connectivity index (χ4n) is 3.40. The fourth-order valence-corrected chi connectivity index (χ4v) is 4.54. The topological polar surface area (TPSA) is 57.4 Å². The summed E-state index contributed by atoms with van der Waals surface area (Å²) in [4.78, 5) is 4.31. The predicted octanol–water partition coefficient (Wildman–Crippen LogP) is 6.19. The highest BCUT2D eigenvalue weighted by atomic mass is 32.1. The van der Waals surface area contributed by atoms with Gasteiger partial charge in [-0.05, 0) is 60.2 Å². The van der Waals surface area contributed by atoms with Gasteiger partial charge in [0.2, 0.25) is 0 Å². The molecule has 0 aliphatic heterocycles. The second kappa shape index (κ2) is 8.89. The highest BCUT2D eigenvalue weighted by molar-refractivity contribution is 7.17. The van der Waals surface area contributed by atoms with Gasteiger partial charge in [0.15, 0.2) is 0 Å². The molecule has 160 valence electrons. The molecule has 0 fully saturated rings. The lowest BCUT2D eigenvalue weighted by atomic mass is 10.1. The lowest BCUT2D eigenvalue weighted by molar-refractivity contribution is 0.286. The van der Waals surface area contributed by atoms with Gasteiger partial charge in [-0.2, -0.15) is 0 Å². The molecule has 0 saturated carbocycles. The lowest BCUT2D eigenvalue weighted by Gasteiger charge is -2.12. The van der Waals surface area contributed by atoms with Crippen molar-refractivity contribution in [2.24, 2.45) is 0 Å². The summed E-state index contributed by atoms with van der Waals surface area (Å²) in [5.74, 6) is 0.622. The Morgan fingerprint density at radius 2 is 1.68 bits per heavy atom. The minimum Gasteiger partial charge on any atom is -0.489 e. The van der Waals surface area contributed by atoms with Crippen LogP contribution in [0.15, 0.2) is 48.0 Å². The van der Waals surface area contributed by atoms with Crippen LogP contribution in [0, 0.1) is 18.6 Å². The zero-order chi connectivity index (χ0) is 22.0. The Bertz CT molecular complexity index is 1240. The van der Waals surface area contributed by atoms with Crippen LogP contribution in [-0.2, 0) is 19.6 Å². The van der Waals surface area contributed by atoms with Crippen LogP contribution in [0.5, 0.6) is 11.5 Å². The first-order valence-electron chi connectivity index (χ1n) is 9.89. The van der Waals surface area contributed by atoms with E-state index < -0.39 is 11.6 Å². The summed E-state index contributed by atoms with van der Waals surface area (Å²) in [6.07, 6.45) is 2.71. The number of anilines is 1. The van der Waals surface area contributed by atoms with E-state index in [2.05, 4.69) is 11.9 Å². The molecule has 31 heavy (non-hydrogen) atoms. The molecule has 4 rings (SSSR count). The quantitative estimate of drug-likeness (QED) is 0.373. The normalized spacial score (nSPS) is 11.1. The van der Waals surface area contributed by atoms with Gasteiger partial charge in [-0.1, -0.05) is 6.92 Å². The molecule has 0 spiro atoms. The Kier molecular flexibility index (Phi) is 6.04. The van der Waals surface area contributed by atoms with Crippen molar-refractivity contribution < 1.29 is 18.3 Å². The summed E-state index contributed by atoms with van der Waals surface area (Å²) in [6.45, 7) is 4.26. The average Bonchev–Trinajstić information content (AvgIpc) is 3.18. The number of aromatic nitrogens is 1. The highest BCUT2D eigenvalue weighted by Crippen LogP contribution is 2.33. The summed E-state index contributed by atoms with van der Waals surface area (Å²) in [5, 5.41) is 2.98. The van der Waals surface area contributed by atoms with Crippen molar-refractivity contribution in [1.82, 2.24) is 4.98 Å². The smallest absolute Gasteiger partial charge is 0.132 e. The first-order valence-corrected chi connectivity index (χ1v) is 10.8. The van der Waals surface area contributed by atoms with E-state index in [-0.39, 0.29) is 12.2 Å². The van der Waals surface area contributed by atoms with Crippen LogP contribution in [0.2, 0.25) is 0 Å². The van der Waals surface area contributed by atoms with Crippen LogP contribution < -0.4 is 15.2 Å². The van der Waals surface area contributed by atoms with Gasteiger partial charge in [0.25, 0.3) is 0 Å². The number of rotatable bonds is 7. The molecular weight excluding hydrogens is 418 g/mol. The molecule has 0 aliphatic carbocycles. The molecule has 0 radical (unpaired) electrons. The number of nitrogen functional groups attached to an aromatic ring is 1. The average molecular weight is 441 g/mol. The van der Waals surface area contributed by atoms with Crippen molar-refractivity contribution in [1.29, 1.82) is 0 Å². The zero-order valence-corrected chi connectivity index (χ0v) is 18.1. The number of aryl methyl sites for hydroxylation is 2. The third-order valence-electron chi connectivity index (χ3n) is 4.98. The van der Waals surface area contributed by atoms with Crippen molar-refractivity contribution in [2.45, 2.75) is 33.5 Å². The predicted molar refractivity (Wildman–Crippen MR) is 120 cm³/mol. The van der Waals surface area contributed by atoms with E-state index in [9.17, 15) is 8.78 Å². The molecule has 2 aromatic heterocycles. The molecule has 0 atom stereocenters. The second-order valence-corrected chi connectivity index (χ2v) is 8.16. The van der Waals surface area contributed by atoms with Gasteiger partial charge in [0.05, 0.1) is 0 Å². The van der Waals surface area contributed by atoms with Crippen molar-refractivity contribution in [3.8, 4) is 11.5 Å². The number of hydrogen-bond acceptors (Lipinski definition) is 5.